The van der Waals surface area contributed by atoms with Crippen molar-refractivity contribution in [3.05, 3.63) is 203 Å². The van der Waals surface area contributed by atoms with Crippen LogP contribution < -0.4 is 9.47 Å². The van der Waals surface area contributed by atoms with Crippen LogP contribution in [-0.4, -0.2) is 80.4 Å². The summed E-state index contributed by atoms with van der Waals surface area (Å²) < 4.78 is 49.1. The van der Waals surface area contributed by atoms with Gasteiger partial charge in [0, 0.05) is 19.8 Å². The van der Waals surface area contributed by atoms with E-state index in [1.807, 2.05) is 36.4 Å². The van der Waals surface area contributed by atoms with E-state index in [1.165, 1.54) is 6.92 Å². The highest BCUT2D eigenvalue weighted by atomic mass is 16.7. The van der Waals surface area contributed by atoms with E-state index >= 15 is 0 Å². The van der Waals surface area contributed by atoms with Crippen molar-refractivity contribution in [3.8, 4) is 11.5 Å². The number of hydrogen-bond acceptors (Lipinski definition) is 13. The molecule has 13 nitrogen and oxygen atoms in total. The summed E-state index contributed by atoms with van der Waals surface area (Å²) in [6.45, 7) is 2.95. The molecule has 66 heavy (non-hydrogen) atoms. The molecule has 7 rings (SSSR count). The fourth-order valence-electron chi connectivity index (χ4n) is 7.29. The molecule has 0 bridgehead atoms. The number of carbonyl (C=O) groups excluding carboxylic acids is 5. The van der Waals surface area contributed by atoms with E-state index < -0.39 is 66.7 Å². The highest BCUT2D eigenvalue weighted by molar-refractivity contribution is 5.91. The van der Waals surface area contributed by atoms with Crippen molar-refractivity contribution < 1.29 is 61.9 Å². The first kappa shape index (κ1) is 46.2. The van der Waals surface area contributed by atoms with E-state index in [0.717, 1.165) is 11.1 Å². The molecule has 0 aromatic heterocycles. The fraction of sp³-hybridized carbons (Fsp3) is 0.226. The molecular formula is C53H48O13. The predicted molar refractivity (Wildman–Crippen MR) is 240 cm³/mol. The zero-order valence-electron chi connectivity index (χ0n) is 36.5. The van der Waals surface area contributed by atoms with Gasteiger partial charge in [0.1, 0.15) is 23.7 Å². The highest BCUT2D eigenvalue weighted by Crippen LogP contribution is 2.36. The summed E-state index contributed by atoms with van der Waals surface area (Å²) in [6.07, 6.45) is -8.42. The van der Waals surface area contributed by atoms with Crippen molar-refractivity contribution in [1.82, 2.24) is 0 Å². The summed E-state index contributed by atoms with van der Waals surface area (Å²) >= 11 is 0. The van der Waals surface area contributed by atoms with Gasteiger partial charge in [-0.15, -0.1) is 0 Å². The number of carbonyl (C=O) groups is 5. The lowest BCUT2D eigenvalue weighted by Gasteiger charge is -2.45. The first-order valence-corrected chi connectivity index (χ1v) is 21.3. The van der Waals surface area contributed by atoms with Crippen LogP contribution in [0.1, 0.15) is 72.0 Å². The van der Waals surface area contributed by atoms with E-state index in [1.54, 1.807) is 141 Å². The van der Waals surface area contributed by atoms with Gasteiger partial charge >= 0.3 is 29.8 Å². The third kappa shape index (κ3) is 12.1. The quantitative estimate of drug-likeness (QED) is 0.0635. The normalized spacial score (nSPS) is 18.1. The first-order chi connectivity index (χ1) is 32.1. The summed E-state index contributed by atoms with van der Waals surface area (Å²) in [4.78, 5) is 67.8. The number of methoxy groups -OCH3 is 1. The summed E-state index contributed by atoms with van der Waals surface area (Å²) in [5.41, 5.74) is 2.98. The van der Waals surface area contributed by atoms with Crippen molar-refractivity contribution in [3.63, 3.8) is 0 Å². The summed E-state index contributed by atoms with van der Waals surface area (Å²) in [5.74, 6) is -2.71. The second-order valence-corrected chi connectivity index (χ2v) is 15.3. The second-order valence-electron chi connectivity index (χ2n) is 15.3. The predicted octanol–water partition coefficient (Wildman–Crippen LogP) is 8.42. The Morgan fingerprint density at radius 3 is 1.53 bits per heavy atom. The van der Waals surface area contributed by atoms with Crippen LogP contribution in [0.2, 0.25) is 0 Å². The molecule has 0 amide bonds. The molecule has 1 aliphatic rings. The maximum atomic E-state index is 14.2. The van der Waals surface area contributed by atoms with Gasteiger partial charge < -0.3 is 37.9 Å². The minimum absolute atomic E-state index is 0.0855. The van der Waals surface area contributed by atoms with Gasteiger partial charge in [0.05, 0.1) is 36.0 Å². The first-order valence-electron chi connectivity index (χ1n) is 21.3. The molecule has 0 saturated carbocycles. The zero-order chi connectivity index (χ0) is 46.4. The van der Waals surface area contributed by atoms with E-state index in [2.05, 4.69) is 0 Å². The summed E-state index contributed by atoms with van der Waals surface area (Å²) in [5, 5.41) is 0. The van der Waals surface area contributed by atoms with Crippen molar-refractivity contribution in [2.45, 2.75) is 63.5 Å². The topological polar surface area (TPSA) is 159 Å². The Hall–Kier alpha value is -7.77. The summed E-state index contributed by atoms with van der Waals surface area (Å²) in [6, 6.07) is 45.6. The lowest BCUT2D eigenvalue weighted by molar-refractivity contribution is -0.284. The zero-order valence-corrected chi connectivity index (χ0v) is 36.5. The minimum Gasteiger partial charge on any atom is -0.497 e. The van der Waals surface area contributed by atoms with Crippen molar-refractivity contribution in [2.24, 2.45) is 0 Å². The molecule has 6 aromatic rings. The molecule has 0 radical (unpaired) electrons. The Bertz CT molecular complexity index is 2570. The van der Waals surface area contributed by atoms with E-state index in [9.17, 15) is 24.0 Å². The van der Waals surface area contributed by atoms with Gasteiger partial charge in [-0.3, -0.25) is 4.79 Å². The average molecular weight is 893 g/mol. The molecule has 0 aliphatic carbocycles. The molecule has 6 atom stereocenters. The van der Waals surface area contributed by atoms with Crippen LogP contribution in [0.25, 0.3) is 0 Å². The van der Waals surface area contributed by atoms with Crippen molar-refractivity contribution in [2.75, 3.05) is 13.7 Å². The maximum absolute atomic E-state index is 14.2. The Balaban J connectivity index is 1.36. The van der Waals surface area contributed by atoms with Gasteiger partial charge in [-0.05, 0) is 90.3 Å². The third-order valence-corrected chi connectivity index (χ3v) is 10.7. The third-order valence-electron chi connectivity index (χ3n) is 10.7. The standard InChI is InChI=1S/C53H48O13/c1-34(61-49(55)38-16-8-4-9-17-38)45-46(63-50(56)39-18-10-5-11-19-39)47(64-51(57)40-20-12-6-13-21-40)48(65-52(58)41-22-14-7-15-23-41)53(66-45)62-44-33-37(30-31-60-35(2)54)24-27-42(44)32-36-25-28-43(59-3)29-26-36/h4-29,33-34,45-48,53H,30-32H2,1-3H3/t34-,45-,46-,47+,48-,53-/m1/s1. The molecular weight excluding hydrogens is 845 g/mol. The average Bonchev–Trinajstić information content (AvgIpc) is 3.34. The molecule has 0 N–H and O–H groups in total. The monoisotopic (exact) mass is 892 g/mol. The summed E-state index contributed by atoms with van der Waals surface area (Å²) in [7, 11) is 1.58. The molecule has 338 valence electrons. The van der Waals surface area contributed by atoms with E-state index in [-0.39, 0.29) is 34.6 Å². The smallest absolute Gasteiger partial charge is 0.338 e. The largest absolute Gasteiger partial charge is 0.497 e. The SMILES string of the molecule is COc1ccc(Cc2ccc(CCOC(C)=O)cc2O[C@@H]2O[C@H]([C@@H](C)OC(=O)c3ccccc3)[C@@H](OC(=O)c3ccccc3)[C@H](OC(=O)c3ccccc3)[C@H]2OC(=O)c2ccccc2)cc1. The van der Waals surface area contributed by atoms with Crippen LogP contribution in [-0.2, 0) is 46.1 Å². The molecule has 1 saturated heterocycles. The van der Waals surface area contributed by atoms with Crippen molar-refractivity contribution >= 4 is 29.8 Å². The van der Waals surface area contributed by atoms with Crippen molar-refractivity contribution in [1.29, 1.82) is 0 Å². The fourth-order valence-corrected chi connectivity index (χ4v) is 7.29. The molecule has 6 aromatic carbocycles. The van der Waals surface area contributed by atoms with Crippen LogP contribution in [0.3, 0.4) is 0 Å². The second kappa shape index (κ2) is 22.2. The van der Waals surface area contributed by atoms with Gasteiger partial charge in [-0.2, -0.15) is 0 Å². The van der Waals surface area contributed by atoms with E-state index in [0.29, 0.717) is 24.2 Å². The molecule has 1 fully saturated rings. The number of esters is 5. The molecule has 0 spiro atoms. The van der Waals surface area contributed by atoms with Gasteiger partial charge in [-0.25, -0.2) is 19.2 Å². The van der Waals surface area contributed by atoms with Crippen LogP contribution in [0, 0.1) is 0 Å². The molecule has 13 heteroatoms. The van der Waals surface area contributed by atoms with Gasteiger partial charge in [0.15, 0.2) is 12.2 Å². The number of rotatable bonds is 17. The lowest BCUT2D eigenvalue weighted by Crippen LogP contribution is -2.65. The van der Waals surface area contributed by atoms with Gasteiger partial charge in [-0.1, -0.05) is 97.1 Å². The molecule has 0 unspecified atom stereocenters. The van der Waals surface area contributed by atoms with Crippen LogP contribution >= 0.6 is 0 Å². The maximum Gasteiger partial charge on any atom is 0.338 e. The number of benzene rings is 6. The van der Waals surface area contributed by atoms with Gasteiger partial charge in [0.2, 0.25) is 12.4 Å². The molecule has 1 heterocycles. The van der Waals surface area contributed by atoms with Crippen LogP contribution in [0.15, 0.2) is 164 Å². The molecule has 1 aliphatic heterocycles. The Kier molecular flexibility index (Phi) is 15.6. The minimum atomic E-state index is -1.64. The highest BCUT2D eigenvalue weighted by Gasteiger charge is 2.56. The number of hydrogen-bond donors (Lipinski definition) is 0. The van der Waals surface area contributed by atoms with E-state index in [4.69, 9.17) is 37.9 Å². The Morgan fingerprint density at radius 2 is 1.03 bits per heavy atom. The lowest BCUT2D eigenvalue weighted by atomic mass is 9.94. The van der Waals surface area contributed by atoms with Crippen LogP contribution in [0.5, 0.6) is 11.5 Å². The van der Waals surface area contributed by atoms with Crippen LogP contribution in [0.4, 0.5) is 0 Å². The Morgan fingerprint density at radius 1 is 0.561 bits per heavy atom. The Labute approximate surface area is 382 Å². The number of ether oxygens (including phenoxy) is 8. The van der Waals surface area contributed by atoms with Gasteiger partial charge in [0.25, 0.3) is 0 Å².